The molecule has 0 saturated carbocycles. The number of nitrogens with zero attached hydrogens (tertiary/aromatic N) is 1. The van der Waals surface area contributed by atoms with E-state index in [9.17, 15) is 0 Å². The number of rotatable bonds is 4. The highest BCUT2D eigenvalue weighted by molar-refractivity contribution is 5.94. The van der Waals surface area contributed by atoms with E-state index in [1.54, 1.807) is 6.92 Å². The maximum absolute atomic E-state index is 7.60. The van der Waals surface area contributed by atoms with Crippen molar-refractivity contribution in [3.8, 4) is 0 Å². The zero-order chi connectivity index (χ0) is 12.1. The Kier molecular flexibility index (Phi) is 3.93. The minimum Gasteiger partial charge on any atom is -0.385 e. The van der Waals surface area contributed by atoms with E-state index in [4.69, 9.17) is 22.3 Å². The van der Waals surface area contributed by atoms with Gasteiger partial charge in [0.05, 0.1) is 0 Å². The molecular weight excluding hydrogens is 204 g/mol. The molecule has 16 heavy (non-hydrogen) atoms. The van der Waals surface area contributed by atoms with E-state index in [2.05, 4.69) is 5.32 Å². The van der Waals surface area contributed by atoms with Crippen molar-refractivity contribution in [3.63, 3.8) is 0 Å². The smallest absolute Gasteiger partial charge is 0.127 e. The Morgan fingerprint density at radius 2 is 1.88 bits per heavy atom. The topological polar surface area (TPSA) is 115 Å². The first-order chi connectivity index (χ1) is 7.49. The summed E-state index contributed by atoms with van der Waals surface area (Å²) >= 11 is 0. The van der Waals surface area contributed by atoms with E-state index < -0.39 is 0 Å². The molecule has 0 aromatic heterocycles. The molecule has 0 bridgehead atoms. The summed E-state index contributed by atoms with van der Waals surface area (Å²) in [6.07, 6.45) is 4.12. The highest BCUT2D eigenvalue weighted by Gasteiger charge is 2.14. The van der Waals surface area contributed by atoms with Gasteiger partial charge < -0.3 is 27.1 Å². The number of allylic oxidation sites excluding steroid dienone is 1. The lowest BCUT2D eigenvalue weighted by molar-refractivity contribution is 0.236. The van der Waals surface area contributed by atoms with Gasteiger partial charge in [-0.15, -0.1) is 0 Å². The van der Waals surface area contributed by atoms with Gasteiger partial charge in [-0.3, -0.25) is 5.41 Å². The summed E-state index contributed by atoms with van der Waals surface area (Å²) in [5, 5.41) is 17.4. The summed E-state index contributed by atoms with van der Waals surface area (Å²) in [7, 11) is 0. The molecule has 1 fully saturated rings. The van der Waals surface area contributed by atoms with E-state index in [-0.39, 0.29) is 11.7 Å². The lowest BCUT2D eigenvalue weighted by atomic mass is 10.2. The third-order valence-corrected chi connectivity index (χ3v) is 2.16. The van der Waals surface area contributed by atoms with Crippen molar-refractivity contribution in [2.24, 2.45) is 11.5 Å². The van der Waals surface area contributed by atoms with Gasteiger partial charge >= 0.3 is 0 Å². The summed E-state index contributed by atoms with van der Waals surface area (Å²) in [4.78, 5) is 1.98. The Hall–Kier alpha value is -1.98. The predicted molar refractivity (Wildman–Crippen MR) is 65.0 cm³/mol. The molecule has 1 aliphatic rings. The zero-order valence-electron chi connectivity index (χ0n) is 9.38. The molecule has 0 spiro atoms. The van der Waals surface area contributed by atoms with E-state index in [1.165, 1.54) is 12.2 Å². The van der Waals surface area contributed by atoms with Gasteiger partial charge in [0.2, 0.25) is 0 Å². The molecule has 6 nitrogen and oxygen atoms in total. The summed E-state index contributed by atoms with van der Waals surface area (Å²) in [5.74, 6) is 0.965. The van der Waals surface area contributed by atoms with Gasteiger partial charge in [-0.25, -0.2) is 0 Å². The van der Waals surface area contributed by atoms with Crippen LogP contribution < -0.4 is 16.8 Å². The molecular formula is C10H18N6. The third kappa shape index (κ3) is 3.64. The van der Waals surface area contributed by atoms with Crippen molar-refractivity contribution in [2.45, 2.75) is 13.3 Å². The molecule has 1 saturated heterocycles. The number of hydrogen-bond acceptors (Lipinski definition) is 5. The molecule has 0 radical (unpaired) electrons. The molecule has 0 aromatic rings. The van der Waals surface area contributed by atoms with Crippen molar-refractivity contribution in [1.82, 2.24) is 10.2 Å². The number of nitrogens with two attached hydrogens (primary N) is 2. The summed E-state index contributed by atoms with van der Waals surface area (Å²) < 4.78 is 0. The Balaban J connectivity index is 2.49. The maximum atomic E-state index is 7.60. The van der Waals surface area contributed by atoms with E-state index in [1.807, 2.05) is 4.90 Å². The average molecular weight is 222 g/mol. The molecule has 1 aliphatic heterocycles. The molecule has 88 valence electrons. The van der Waals surface area contributed by atoms with Gasteiger partial charge in [0.1, 0.15) is 17.5 Å². The predicted octanol–water partition coefficient (Wildman–Crippen LogP) is -0.101. The molecule has 6 heteroatoms. The van der Waals surface area contributed by atoms with Gasteiger partial charge in [-0.2, -0.15) is 0 Å². The Morgan fingerprint density at radius 3 is 2.31 bits per heavy atom. The standard InChI is InChI=1S/C10H18N6/c1-7(11)5-8(12)15-9(13)6-10(14)16-3-2-4-16/h5-6,11H,2-4,12,14H2,1H3,(H2,13,15)/b8-5+,10-6+,11-7?. The summed E-state index contributed by atoms with van der Waals surface area (Å²) in [6.45, 7) is 3.50. The van der Waals surface area contributed by atoms with Crippen LogP contribution in [0, 0.1) is 10.8 Å². The van der Waals surface area contributed by atoms with Crippen LogP contribution in [0.15, 0.2) is 23.8 Å². The Labute approximate surface area is 95.0 Å². The fourth-order valence-electron chi connectivity index (χ4n) is 1.27. The minimum absolute atomic E-state index is 0.124. The van der Waals surface area contributed by atoms with Crippen molar-refractivity contribution in [1.29, 1.82) is 10.8 Å². The van der Waals surface area contributed by atoms with Crippen LogP contribution in [-0.4, -0.2) is 29.5 Å². The van der Waals surface area contributed by atoms with Crippen molar-refractivity contribution < 1.29 is 0 Å². The SMILES string of the molecule is CC(=N)/C=C(\N)NC(=N)/C=C(\N)N1CCC1. The number of nitrogens with one attached hydrogen (secondary N) is 3. The van der Waals surface area contributed by atoms with Gasteiger partial charge in [0.15, 0.2) is 0 Å². The molecule has 7 N–H and O–H groups in total. The number of amidine groups is 1. The van der Waals surface area contributed by atoms with Crippen molar-refractivity contribution in [3.05, 3.63) is 23.8 Å². The van der Waals surface area contributed by atoms with Crippen LogP contribution in [0.2, 0.25) is 0 Å². The van der Waals surface area contributed by atoms with E-state index >= 15 is 0 Å². The van der Waals surface area contributed by atoms with E-state index in [0.717, 1.165) is 19.5 Å². The van der Waals surface area contributed by atoms with Gasteiger partial charge in [-0.05, 0) is 19.4 Å². The van der Waals surface area contributed by atoms with Crippen LogP contribution in [0.1, 0.15) is 13.3 Å². The quantitative estimate of drug-likeness (QED) is 0.337. The molecule has 0 amide bonds. The Bertz CT molecular complexity index is 350. The van der Waals surface area contributed by atoms with Crippen molar-refractivity contribution >= 4 is 11.5 Å². The highest BCUT2D eigenvalue weighted by Crippen LogP contribution is 2.09. The van der Waals surface area contributed by atoms with Crippen LogP contribution in [-0.2, 0) is 0 Å². The lowest BCUT2D eigenvalue weighted by Gasteiger charge is -2.33. The fraction of sp³-hybridized carbons (Fsp3) is 0.400. The first kappa shape index (κ1) is 12.1. The molecule has 0 unspecified atom stereocenters. The third-order valence-electron chi connectivity index (χ3n) is 2.16. The molecule has 0 aliphatic carbocycles. The summed E-state index contributed by atoms with van der Waals surface area (Å²) in [6, 6.07) is 0. The fourth-order valence-corrected chi connectivity index (χ4v) is 1.27. The van der Waals surface area contributed by atoms with Crippen LogP contribution in [0.25, 0.3) is 0 Å². The van der Waals surface area contributed by atoms with Gasteiger partial charge in [-0.1, -0.05) is 0 Å². The van der Waals surface area contributed by atoms with Gasteiger partial charge in [0, 0.05) is 24.9 Å². The first-order valence-electron chi connectivity index (χ1n) is 5.09. The molecule has 1 heterocycles. The first-order valence-corrected chi connectivity index (χ1v) is 5.09. The Morgan fingerprint density at radius 1 is 1.25 bits per heavy atom. The second kappa shape index (κ2) is 5.20. The normalized spacial score (nSPS) is 16.7. The van der Waals surface area contributed by atoms with Crippen LogP contribution >= 0.6 is 0 Å². The largest absolute Gasteiger partial charge is 0.385 e. The van der Waals surface area contributed by atoms with Crippen LogP contribution in [0.4, 0.5) is 0 Å². The second-order valence-corrected chi connectivity index (χ2v) is 3.73. The number of likely N-dealkylation sites (tertiary alicyclic amines) is 1. The maximum Gasteiger partial charge on any atom is 0.127 e. The van der Waals surface area contributed by atoms with Crippen LogP contribution in [0.5, 0.6) is 0 Å². The average Bonchev–Trinajstić information content (AvgIpc) is 1.96. The number of hydrogen-bond donors (Lipinski definition) is 5. The lowest BCUT2D eigenvalue weighted by Crippen LogP contribution is -2.40. The van der Waals surface area contributed by atoms with Gasteiger partial charge in [0.25, 0.3) is 0 Å². The van der Waals surface area contributed by atoms with Crippen molar-refractivity contribution in [2.75, 3.05) is 13.1 Å². The zero-order valence-corrected chi connectivity index (χ0v) is 9.38. The minimum atomic E-state index is 0.124. The monoisotopic (exact) mass is 222 g/mol. The molecule has 0 atom stereocenters. The molecule has 1 rings (SSSR count). The summed E-state index contributed by atoms with van der Waals surface area (Å²) in [5.41, 5.74) is 11.7. The van der Waals surface area contributed by atoms with Crippen LogP contribution in [0.3, 0.4) is 0 Å². The highest BCUT2D eigenvalue weighted by atomic mass is 15.2. The van der Waals surface area contributed by atoms with E-state index in [0.29, 0.717) is 11.5 Å². The molecule has 0 aromatic carbocycles. The second-order valence-electron chi connectivity index (χ2n) is 3.73.